The van der Waals surface area contributed by atoms with Crippen molar-refractivity contribution in [3.05, 3.63) is 67.2 Å². The van der Waals surface area contributed by atoms with E-state index < -0.39 is 0 Å². The summed E-state index contributed by atoms with van der Waals surface area (Å²) in [6.45, 7) is 5.62. The van der Waals surface area contributed by atoms with Gasteiger partial charge < -0.3 is 10.3 Å². The second kappa shape index (κ2) is 7.90. The van der Waals surface area contributed by atoms with Crippen LogP contribution in [0, 0.1) is 0 Å². The molecule has 2 rings (SSSR count). The number of likely N-dealkylation sites (N-methyl/N-ethyl adjacent to an activating group) is 1. The van der Waals surface area contributed by atoms with E-state index in [-0.39, 0.29) is 17.5 Å². The molecule has 0 fully saturated rings. The highest BCUT2D eigenvalue weighted by atomic mass is 32.1. The number of nitrogens with zero attached hydrogens (tertiary/aromatic N) is 1. The minimum Gasteiger partial charge on any atom is -0.329 e. The predicted octanol–water partition coefficient (Wildman–Crippen LogP) is 0.950. The third kappa shape index (κ3) is 4.31. The number of aromatic nitrogens is 1. The molecule has 0 aliphatic heterocycles. The first-order valence-electron chi connectivity index (χ1n) is 7.45. The number of hydrogen-bond donors (Lipinski definition) is 2. The molecule has 5 nitrogen and oxygen atoms in total. The molecule has 1 atom stereocenters. The van der Waals surface area contributed by atoms with Crippen LogP contribution in [0.3, 0.4) is 0 Å². The van der Waals surface area contributed by atoms with Gasteiger partial charge in [-0.3, -0.25) is 14.5 Å². The molecule has 0 bridgehead atoms. The number of rotatable bonds is 5. The van der Waals surface area contributed by atoms with Gasteiger partial charge in [0.1, 0.15) is 6.04 Å². The van der Waals surface area contributed by atoms with Crippen LogP contribution in [0.5, 0.6) is 0 Å². The summed E-state index contributed by atoms with van der Waals surface area (Å²) >= 11 is 1.56. The first-order chi connectivity index (χ1) is 11.4. The van der Waals surface area contributed by atoms with Crippen LogP contribution < -0.4 is 21.3 Å². The van der Waals surface area contributed by atoms with E-state index >= 15 is 0 Å². The highest BCUT2D eigenvalue weighted by Crippen LogP contribution is 2.21. The SMILES string of the molecule is C=c1cc[nH]c(=O)/c1=C/C=C(\C)NC(=O)[C@@H](c1ccsc1)N(C)C. The summed E-state index contributed by atoms with van der Waals surface area (Å²) < 4.78 is 0. The van der Waals surface area contributed by atoms with Gasteiger partial charge in [-0.25, -0.2) is 0 Å². The normalized spacial score (nSPS) is 14.0. The van der Waals surface area contributed by atoms with Crippen molar-refractivity contribution < 1.29 is 4.79 Å². The number of nitrogens with one attached hydrogen (secondary N) is 2. The van der Waals surface area contributed by atoms with Crippen LogP contribution >= 0.6 is 11.3 Å². The number of aromatic amines is 1. The van der Waals surface area contributed by atoms with Gasteiger partial charge in [0.2, 0.25) is 5.91 Å². The number of allylic oxidation sites excluding steroid dienone is 2. The van der Waals surface area contributed by atoms with Gasteiger partial charge in [-0.1, -0.05) is 6.58 Å². The third-order valence-corrected chi connectivity index (χ3v) is 4.24. The number of amides is 1. The molecule has 1 amide bonds. The Hall–Kier alpha value is -2.44. The summed E-state index contributed by atoms with van der Waals surface area (Å²) in [4.78, 5) is 28.8. The summed E-state index contributed by atoms with van der Waals surface area (Å²) in [5, 5.41) is 7.91. The Morgan fingerprint density at radius 3 is 2.75 bits per heavy atom. The number of hydrogen-bond acceptors (Lipinski definition) is 4. The first-order valence-corrected chi connectivity index (χ1v) is 8.39. The van der Waals surface area contributed by atoms with Crippen LogP contribution in [-0.2, 0) is 4.79 Å². The lowest BCUT2D eigenvalue weighted by Gasteiger charge is -2.22. The quantitative estimate of drug-likeness (QED) is 0.850. The molecule has 0 saturated carbocycles. The molecule has 2 aromatic rings. The number of thiophene rings is 1. The Morgan fingerprint density at radius 1 is 1.42 bits per heavy atom. The average molecular weight is 343 g/mol. The molecule has 0 spiro atoms. The first kappa shape index (κ1) is 17.9. The van der Waals surface area contributed by atoms with Crippen LogP contribution in [0.4, 0.5) is 0 Å². The molecule has 0 aliphatic carbocycles. The van der Waals surface area contributed by atoms with Gasteiger partial charge in [0.15, 0.2) is 0 Å². The number of H-pyrrole nitrogens is 1. The van der Waals surface area contributed by atoms with Crippen LogP contribution in [0.25, 0.3) is 12.7 Å². The number of pyridine rings is 1. The van der Waals surface area contributed by atoms with Crippen molar-refractivity contribution in [2.45, 2.75) is 13.0 Å². The maximum absolute atomic E-state index is 12.6. The Labute approximate surface area is 144 Å². The van der Waals surface area contributed by atoms with Crippen molar-refractivity contribution in [3.8, 4) is 0 Å². The van der Waals surface area contributed by atoms with Crippen molar-refractivity contribution in [1.29, 1.82) is 0 Å². The zero-order valence-corrected chi connectivity index (χ0v) is 14.8. The highest BCUT2D eigenvalue weighted by molar-refractivity contribution is 7.08. The Balaban J connectivity index is 2.22. The molecule has 2 heterocycles. The molecule has 126 valence electrons. The van der Waals surface area contributed by atoms with E-state index in [4.69, 9.17) is 0 Å². The maximum atomic E-state index is 12.6. The predicted molar refractivity (Wildman–Crippen MR) is 98.9 cm³/mol. The van der Waals surface area contributed by atoms with Crippen molar-refractivity contribution >= 4 is 29.9 Å². The monoisotopic (exact) mass is 343 g/mol. The smallest absolute Gasteiger partial charge is 0.255 e. The zero-order valence-electron chi connectivity index (χ0n) is 14.0. The Morgan fingerprint density at radius 2 is 2.17 bits per heavy atom. The van der Waals surface area contributed by atoms with Crippen LogP contribution in [0.2, 0.25) is 0 Å². The Kier molecular flexibility index (Phi) is 5.89. The fourth-order valence-electron chi connectivity index (χ4n) is 2.34. The largest absolute Gasteiger partial charge is 0.329 e. The van der Waals surface area contributed by atoms with E-state index in [1.807, 2.05) is 35.8 Å². The lowest BCUT2D eigenvalue weighted by Crippen LogP contribution is -2.39. The van der Waals surface area contributed by atoms with Crippen molar-refractivity contribution in [1.82, 2.24) is 15.2 Å². The molecular formula is C18H21N3O2S. The lowest BCUT2D eigenvalue weighted by atomic mass is 10.1. The molecule has 0 aromatic carbocycles. The van der Waals surface area contributed by atoms with E-state index in [9.17, 15) is 9.59 Å². The van der Waals surface area contributed by atoms with Gasteiger partial charge in [0.25, 0.3) is 5.56 Å². The number of carbonyl (C=O) groups is 1. The summed E-state index contributed by atoms with van der Waals surface area (Å²) in [5.74, 6) is -0.114. The third-order valence-electron chi connectivity index (χ3n) is 3.53. The molecule has 2 N–H and O–H groups in total. The summed E-state index contributed by atoms with van der Waals surface area (Å²) in [6.07, 6.45) is 4.92. The maximum Gasteiger partial charge on any atom is 0.255 e. The van der Waals surface area contributed by atoms with Crippen molar-refractivity contribution in [2.24, 2.45) is 0 Å². The molecule has 6 heteroatoms. The fourth-order valence-corrected chi connectivity index (χ4v) is 3.02. The fraction of sp³-hybridized carbons (Fsp3) is 0.222. The van der Waals surface area contributed by atoms with Crippen LogP contribution in [0.15, 0.2) is 45.7 Å². The standard InChI is InChI=1S/C18H21N3O2S/c1-12-7-9-19-17(22)15(12)6-5-13(2)20-18(23)16(21(3)4)14-8-10-24-11-14/h5-11,16H,1H2,2-4H3,(H,19,22)(H,20,23)/b13-5+,15-6+/t16-/m1/s1. The van der Waals surface area contributed by atoms with E-state index in [1.165, 1.54) is 0 Å². The van der Waals surface area contributed by atoms with Gasteiger partial charge in [-0.05, 0) is 66.8 Å². The van der Waals surface area contributed by atoms with Gasteiger partial charge in [-0.15, -0.1) is 0 Å². The molecule has 0 saturated heterocycles. The molecule has 0 unspecified atom stereocenters. The summed E-state index contributed by atoms with van der Waals surface area (Å²) in [6, 6.07) is 3.31. The van der Waals surface area contributed by atoms with Crippen LogP contribution in [-0.4, -0.2) is 29.9 Å². The average Bonchev–Trinajstić information content (AvgIpc) is 3.00. The Bertz CT molecular complexity index is 864. The van der Waals surface area contributed by atoms with Gasteiger partial charge in [0, 0.05) is 17.1 Å². The zero-order chi connectivity index (χ0) is 17.7. The molecule has 24 heavy (non-hydrogen) atoms. The second-order valence-electron chi connectivity index (χ2n) is 5.67. The number of carbonyl (C=O) groups excluding carboxylic acids is 1. The lowest BCUT2D eigenvalue weighted by molar-refractivity contribution is -0.125. The van der Waals surface area contributed by atoms with Crippen LogP contribution in [0.1, 0.15) is 18.5 Å². The topological polar surface area (TPSA) is 65.2 Å². The molecular weight excluding hydrogens is 322 g/mol. The van der Waals surface area contributed by atoms with E-state index in [0.29, 0.717) is 16.1 Å². The van der Waals surface area contributed by atoms with E-state index in [2.05, 4.69) is 16.9 Å². The minimum atomic E-state index is -0.358. The van der Waals surface area contributed by atoms with Gasteiger partial charge in [0.05, 0.1) is 0 Å². The van der Waals surface area contributed by atoms with Crippen molar-refractivity contribution in [3.63, 3.8) is 0 Å². The summed E-state index contributed by atoms with van der Waals surface area (Å²) in [5.41, 5.74) is 1.41. The van der Waals surface area contributed by atoms with Gasteiger partial charge >= 0.3 is 0 Å². The minimum absolute atomic E-state index is 0.114. The second-order valence-corrected chi connectivity index (χ2v) is 6.45. The van der Waals surface area contributed by atoms with Crippen molar-refractivity contribution in [2.75, 3.05) is 14.1 Å². The summed E-state index contributed by atoms with van der Waals surface area (Å²) in [7, 11) is 3.73. The highest BCUT2D eigenvalue weighted by Gasteiger charge is 2.23. The molecule has 0 radical (unpaired) electrons. The molecule has 0 aliphatic rings. The van der Waals surface area contributed by atoms with Gasteiger partial charge in [-0.2, -0.15) is 11.3 Å². The van der Waals surface area contributed by atoms with E-state index in [1.54, 1.807) is 42.7 Å². The molecule has 2 aromatic heterocycles. The van der Waals surface area contributed by atoms with E-state index in [0.717, 1.165) is 5.56 Å².